The molecule has 2 nitrogen and oxygen atoms in total. The summed E-state index contributed by atoms with van der Waals surface area (Å²) in [6.45, 7) is 0. The Kier molecular flexibility index (Phi) is 10.3. The third-order valence-electron chi connectivity index (χ3n) is 1.78. The van der Waals surface area contributed by atoms with Crippen LogP contribution in [0.5, 0.6) is 0 Å². The second-order valence-corrected chi connectivity index (χ2v) is 3.57. The quantitative estimate of drug-likeness (QED) is 0.285. The van der Waals surface area contributed by atoms with E-state index in [2.05, 4.69) is 28.1 Å². The molecule has 0 N–H and O–H groups in total. The fraction of sp³-hybridized carbons (Fsp3) is 0.800. The molecule has 0 saturated carbocycles. The summed E-state index contributed by atoms with van der Waals surface area (Å²) < 4.78 is 10.1. The predicted octanol–water partition coefficient (Wildman–Crippen LogP) is 3.12. The van der Waals surface area contributed by atoms with Crippen LogP contribution < -0.4 is 0 Å². The van der Waals surface area contributed by atoms with Crippen molar-refractivity contribution in [2.24, 2.45) is 0 Å². The maximum absolute atomic E-state index is 5.07. The van der Waals surface area contributed by atoms with Crippen molar-refractivity contribution in [3.63, 3.8) is 0 Å². The van der Waals surface area contributed by atoms with Crippen LogP contribution in [0.2, 0.25) is 0 Å². The molecule has 0 aromatic heterocycles. The Hall–Kier alpha value is 0.140. The number of unbranched alkanes of at least 4 members (excludes halogenated alkanes) is 1. The number of allylic oxidation sites excluding steroid dienone is 2. The van der Waals surface area contributed by atoms with E-state index >= 15 is 0 Å². The third kappa shape index (κ3) is 8.47. The van der Waals surface area contributed by atoms with Crippen LogP contribution in [0.3, 0.4) is 0 Å². The van der Waals surface area contributed by atoms with Crippen LogP contribution in [0, 0.1) is 0 Å². The van der Waals surface area contributed by atoms with Crippen molar-refractivity contribution in [1.29, 1.82) is 0 Å². The maximum Gasteiger partial charge on any atom is 0.156 e. The summed E-state index contributed by atoms with van der Waals surface area (Å²) in [5.74, 6) is 0. The van der Waals surface area contributed by atoms with Gasteiger partial charge in [0.05, 0.1) is 0 Å². The highest BCUT2D eigenvalue weighted by atomic mass is 79.9. The molecule has 0 aliphatic heterocycles. The van der Waals surface area contributed by atoms with Crippen molar-refractivity contribution in [3.8, 4) is 0 Å². The Balaban J connectivity index is 3.23. The normalized spacial score (nSPS) is 11.7. The second kappa shape index (κ2) is 10.2. The first kappa shape index (κ1) is 13.1. The highest BCUT2D eigenvalue weighted by molar-refractivity contribution is 9.09. The largest absolute Gasteiger partial charge is 0.356 e. The van der Waals surface area contributed by atoms with Gasteiger partial charge in [0.2, 0.25) is 0 Å². The lowest BCUT2D eigenvalue weighted by Crippen LogP contribution is -2.12. The molecular formula is C10H19BrO2. The first-order valence-corrected chi connectivity index (χ1v) is 5.73. The van der Waals surface area contributed by atoms with E-state index < -0.39 is 0 Å². The lowest BCUT2D eigenvalue weighted by molar-refractivity contribution is -0.106. The lowest BCUT2D eigenvalue weighted by atomic mass is 10.2. The van der Waals surface area contributed by atoms with Gasteiger partial charge in [0, 0.05) is 19.5 Å². The molecule has 0 aliphatic rings. The van der Waals surface area contributed by atoms with Crippen LogP contribution in [-0.2, 0) is 9.47 Å². The number of hydrogen-bond donors (Lipinski definition) is 0. The van der Waals surface area contributed by atoms with Crippen LogP contribution in [0.4, 0.5) is 0 Å². The predicted molar refractivity (Wildman–Crippen MR) is 59.2 cm³/mol. The first-order chi connectivity index (χ1) is 6.35. The Morgan fingerprint density at radius 2 is 1.77 bits per heavy atom. The van der Waals surface area contributed by atoms with E-state index in [1.165, 1.54) is 0 Å². The van der Waals surface area contributed by atoms with Gasteiger partial charge in [0.25, 0.3) is 0 Å². The first-order valence-electron chi connectivity index (χ1n) is 4.61. The van der Waals surface area contributed by atoms with Crippen molar-refractivity contribution < 1.29 is 9.47 Å². The number of ether oxygens (including phenoxy) is 2. The van der Waals surface area contributed by atoms with Gasteiger partial charge in [-0.1, -0.05) is 28.1 Å². The summed E-state index contributed by atoms with van der Waals surface area (Å²) in [5, 5.41) is 1.04. The van der Waals surface area contributed by atoms with Gasteiger partial charge in [-0.25, -0.2) is 0 Å². The zero-order valence-corrected chi connectivity index (χ0v) is 10.0. The molecule has 0 spiro atoms. The Bertz CT molecular complexity index is 122. The molecule has 78 valence electrons. The molecule has 0 heterocycles. The van der Waals surface area contributed by atoms with E-state index in [-0.39, 0.29) is 6.29 Å². The van der Waals surface area contributed by atoms with Crippen LogP contribution in [0.25, 0.3) is 0 Å². The highest BCUT2D eigenvalue weighted by Crippen LogP contribution is 2.05. The van der Waals surface area contributed by atoms with Gasteiger partial charge in [-0.05, 0) is 25.7 Å². The third-order valence-corrected chi connectivity index (χ3v) is 2.24. The summed E-state index contributed by atoms with van der Waals surface area (Å²) in [4.78, 5) is 0. The summed E-state index contributed by atoms with van der Waals surface area (Å²) in [6.07, 6.45) is 8.67. The van der Waals surface area contributed by atoms with Gasteiger partial charge in [-0.2, -0.15) is 0 Å². The van der Waals surface area contributed by atoms with E-state index in [0.717, 1.165) is 31.0 Å². The molecule has 0 saturated heterocycles. The van der Waals surface area contributed by atoms with Gasteiger partial charge in [0.1, 0.15) is 0 Å². The SMILES string of the molecule is COC(CCC/C=C/CCBr)OC. The van der Waals surface area contributed by atoms with Gasteiger partial charge in [0.15, 0.2) is 6.29 Å². The van der Waals surface area contributed by atoms with Gasteiger partial charge in [-0.15, -0.1) is 0 Å². The zero-order valence-electron chi connectivity index (χ0n) is 8.46. The minimum absolute atomic E-state index is 0.0374. The Labute approximate surface area is 89.4 Å². The van der Waals surface area contributed by atoms with Crippen LogP contribution >= 0.6 is 15.9 Å². The van der Waals surface area contributed by atoms with Crippen molar-refractivity contribution in [1.82, 2.24) is 0 Å². The summed E-state index contributed by atoms with van der Waals surface area (Å²) >= 11 is 3.37. The molecule has 3 heteroatoms. The number of hydrogen-bond acceptors (Lipinski definition) is 2. The van der Waals surface area contributed by atoms with Gasteiger partial charge >= 0.3 is 0 Å². The number of rotatable bonds is 8. The smallest absolute Gasteiger partial charge is 0.156 e. The minimum atomic E-state index is -0.0374. The van der Waals surface area contributed by atoms with Gasteiger partial charge in [-0.3, -0.25) is 0 Å². The Morgan fingerprint density at radius 1 is 1.15 bits per heavy atom. The number of methoxy groups -OCH3 is 2. The Morgan fingerprint density at radius 3 is 2.31 bits per heavy atom. The number of halogens is 1. The van der Waals surface area contributed by atoms with Crippen molar-refractivity contribution in [3.05, 3.63) is 12.2 Å². The lowest BCUT2D eigenvalue weighted by Gasteiger charge is -2.11. The molecular weight excluding hydrogens is 232 g/mol. The molecule has 0 radical (unpaired) electrons. The topological polar surface area (TPSA) is 18.5 Å². The van der Waals surface area contributed by atoms with E-state index in [0.29, 0.717) is 0 Å². The maximum atomic E-state index is 5.07. The molecule has 0 rings (SSSR count). The van der Waals surface area contributed by atoms with E-state index in [4.69, 9.17) is 9.47 Å². The minimum Gasteiger partial charge on any atom is -0.356 e. The molecule has 0 bridgehead atoms. The van der Waals surface area contributed by atoms with Crippen LogP contribution in [0.1, 0.15) is 25.7 Å². The van der Waals surface area contributed by atoms with Crippen molar-refractivity contribution in [2.75, 3.05) is 19.5 Å². The summed E-state index contributed by atoms with van der Waals surface area (Å²) in [5.41, 5.74) is 0. The number of alkyl halides is 1. The fourth-order valence-electron chi connectivity index (χ4n) is 1.03. The molecule has 0 fully saturated rings. The fourth-order valence-corrected chi connectivity index (χ4v) is 1.30. The van der Waals surface area contributed by atoms with Crippen molar-refractivity contribution >= 4 is 15.9 Å². The summed E-state index contributed by atoms with van der Waals surface area (Å²) in [6, 6.07) is 0. The molecule has 0 atom stereocenters. The average molecular weight is 251 g/mol. The highest BCUT2D eigenvalue weighted by Gasteiger charge is 2.02. The molecule has 0 aromatic rings. The average Bonchev–Trinajstić information content (AvgIpc) is 2.17. The second-order valence-electron chi connectivity index (χ2n) is 2.78. The van der Waals surface area contributed by atoms with E-state index in [9.17, 15) is 0 Å². The molecule has 0 aliphatic carbocycles. The zero-order chi connectivity index (χ0) is 9.94. The van der Waals surface area contributed by atoms with Crippen LogP contribution in [-0.4, -0.2) is 25.8 Å². The molecule has 0 unspecified atom stereocenters. The molecule has 0 aromatic carbocycles. The van der Waals surface area contributed by atoms with Gasteiger partial charge < -0.3 is 9.47 Å². The van der Waals surface area contributed by atoms with E-state index in [1.807, 2.05) is 0 Å². The monoisotopic (exact) mass is 250 g/mol. The molecule has 0 amide bonds. The molecule has 13 heavy (non-hydrogen) atoms. The standard InChI is InChI=1S/C10H19BrO2/c1-12-10(13-2)8-6-4-3-5-7-9-11/h3,5,10H,4,6-9H2,1-2H3/b5-3+. The van der Waals surface area contributed by atoms with E-state index in [1.54, 1.807) is 14.2 Å². The van der Waals surface area contributed by atoms with Crippen LogP contribution in [0.15, 0.2) is 12.2 Å². The van der Waals surface area contributed by atoms with Crippen molar-refractivity contribution in [2.45, 2.75) is 32.0 Å². The summed E-state index contributed by atoms with van der Waals surface area (Å²) in [7, 11) is 3.35.